The van der Waals surface area contributed by atoms with Gasteiger partial charge in [0.05, 0.1) is 0 Å². The number of aromatic nitrogens is 2. The van der Waals surface area contributed by atoms with E-state index in [4.69, 9.17) is 24.4 Å². The van der Waals surface area contributed by atoms with Gasteiger partial charge in [-0.1, -0.05) is 65.2 Å². The number of aryl methyl sites for hydroxylation is 3. The lowest BCUT2D eigenvalue weighted by atomic mass is 9.84. The Morgan fingerprint density at radius 2 is 0.907 bits per heavy atom. The number of hydrogen-bond donors (Lipinski definition) is 8. The molecule has 0 radical (unpaired) electrons. The summed E-state index contributed by atoms with van der Waals surface area (Å²) in [5.74, 6) is -0.929. The zero-order valence-corrected chi connectivity index (χ0v) is 31.4. The molecule has 0 aliphatic heterocycles. The number of nitrogens with one attached hydrogen (secondary N) is 8. The highest BCUT2D eigenvalue weighted by atomic mass is 32.1. The first-order valence-electron chi connectivity index (χ1n) is 17.3. The molecular formula is C42H38N8O2S2. The molecule has 2 aromatic heterocycles. The number of thiocarbonyl (C=S) groups is 2. The fourth-order valence-corrected chi connectivity index (χ4v) is 6.64. The van der Waals surface area contributed by atoms with Crippen molar-refractivity contribution in [3.05, 3.63) is 166 Å². The predicted octanol–water partition coefficient (Wildman–Crippen LogP) is 8.02. The van der Waals surface area contributed by atoms with Crippen LogP contribution in [0.1, 0.15) is 60.0 Å². The molecule has 0 spiro atoms. The highest BCUT2D eigenvalue weighted by Crippen LogP contribution is 2.40. The van der Waals surface area contributed by atoms with Gasteiger partial charge < -0.3 is 20.6 Å². The van der Waals surface area contributed by atoms with Crippen molar-refractivity contribution >= 4 is 79.7 Å². The third kappa shape index (κ3) is 8.10. The summed E-state index contributed by atoms with van der Waals surface area (Å²) in [5, 5.41) is 8.44. The van der Waals surface area contributed by atoms with E-state index in [0.717, 1.165) is 66.6 Å². The molecule has 5 aromatic carbocycles. The van der Waals surface area contributed by atoms with Crippen LogP contribution in [0.5, 0.6) is 0 Å². The minimum Gasteiger partial charge on any atom is -0.361 e. The first kappa shape index (κ1) is 35.9. The molecule has 0 aliphatic carbocycles. The molecule has 0 bridgehead atoms. The Morgan fingerprint density at radius 3 is 1.31 bits per heavy atom. The van der Waals surface area contributed by atoms with Gasteiger partial charge in [0.15, 0.2) is 10.2 Å². The van der Waals surface area contributed by atoms with Gasteiger partial charge >= 0.3 is 0 Å². The van der Waals surface area contributed by atoms with E-state index in [1.54, 1.807) is 12.1 Å². The van der Waals surface area contributed by atoms with E-state index in [0.29, 0.717) is 11.1 Å². The van der Waals surface area contributed by atoms with Gasteiger partial charge in [0.2, 0.25) is 0 Å². The summed E-state index contributed by atoms with van der Waals surface area (Å²) in [5.41, 5.74) is 21.7. The van der Waals surface area contributed by atoms with Gasteiger partial charge in [-0.15, -0.1) is 0 Å². The van der Waals surface area contributed by atoms with Crippen molar-refractivity contribution in [1.82, 2.24) is 31.7 Å². The molecule has 0 fully saturated rings. The maximum Gasteiger partial charge on any atom is 0.269 e. The van der Waals surface area contributed by atoms with Crippen molar-refractivity contribution in [2.45, 2.75) is 26.7 Å². The first-order chi connectivity index (χ1) is 26.1. The molecule has 0 saturated carbocycles. The number of hydrogen-bond acceptors (Lipinski definition) is 4. The molecule has 0 unspecified atom stereocenters. The zero-order valence-electron chi connectivity index (χ0n) is 29.8. The van der Waals surface area contributed by atoms with Crippen molar-refractivity contribution in [1.29, 1.82) is 0 Å². The molecule has 8 N–H and O–H groups in total. The van der Waals surface area contributed by atoms with Crippen LogP contribution in [0.2, 0.25) is 0 Å². The summed E-state index contributed by atoms with van der Waals surface area (Å²) in [6.45, 7) is 6.07. The number of aromatic amines is 2. The second-order valence-electron chi connectivity index (χ2n) is 13.2. The number of fused-ring (bicyclic) bond motifs is 2. The molecule has 0 atom stereocenters. The molecule has 270 valence electrons. The average molecular weight is 751 g/mol. The number of amides is 2. The van der Waals surface area contributed by atoms with Crippen molar-refractivity contribution in [2.24, 2.45) is 0 Å². The normalized spacial score (nSPS) is 11.0. The molecule has 0 aliphatic rings. The third-order valence-corrected chi connectivity index (χ3v) is 9.59. The second-order valence-corrected chi connectivity index (χ2v) is 14.0. The molecule has 2 heterocycles. The molecular weight excluding hydrogens is 713 g/mol. The van der Waals surface area contributed by atoms with E-state index >= 15 is 0 Å². The van der Waals surface area contributed by atoms with Crippen LogP contribution in [0.25, 0.3) is 21.8 Å². The van der Waals surface area contributed by atoms with Gasteiger partial charge in [0, 0.05) is 62.6 Å². The Morgan fingerprint density at radius 1 is 0.519 bits per heavy atom. The minimum absolute atomic E-state index is 0.251. The quantitative estimate of drug-likeness (QED) is 0.0606. The minimum atomic E-state index is -0.339. The van der Waals surface area contributed by atoms with Gasteiger partial charge in [0.1, 0.15) is 0 Å². The standard InChI is InChI=1S/C42H38N8O2S2/c1-24-4-10-27(11-5-24)38(34-22-43-36-18-12-28(20-32(34)36)39(51)47-49-41(53)45-30-14-6-25(2)7-15-30)35-23-44-37-19-13-29(21-33(35)37)40(52)48-50-42(54)46-31-16-8-26(3)9-17-31/h4-23,38,43-44H,1-3H3,(H,47,51)(H,48,52)(H2,45,49,53)(H2,46,50,54). The lowest BCUT2D eigenvalue weighted by molar-refractivity contribution is 0.0936. The summed E-state index contributed by atoms with van der Waals surface area (Å²) in [4.78, 5) is 33.6. The monoisotopic (exact) mass is 750 g/mol. The summed E-state index contributed by atoms with van der Waals surface area (Å²) in [7, 11) is 0. The van der Waals surface area contributed by atoms with E-state index in [2.05, 4.69) is 73.5 Å². The second kappa shape index (κ2) is 15.6. The number of benzene rings is 5. The van der Waals surface area contributed by atoms with Crippen LogP contribution in [0, 0.1) is 20.8 Å². The number of carbonyl (C=O) groups is 2. The van der Waals surface area contributed by atoms with E-state index < -0.39 is 0 Å². The number of hydrazine groups is 2. The SMILES string of the molecule is Cc1ccc(NC(=S)NNC(=O)c2ccc3[nH]cc(C(c4ccc(C)cc4)c4c[nH]c5ccc(C(=O)NNC(=S)Nc6ccc(C)cc6)cc45)c3c2)cc1. The average Bonchev–Trinajstić information content (AvgIpc) is 3.79. The third-order valence-electron chi connectivity index (χ3n) is 9.18. The fourth-order valence-electron chi connectivity index (χ4n) is 6.30. The number of rotatable bonds is 7. The number of H-pyrrole nitrogens is 2. The summed E-state index contributed by atoms with van der Waals surface area (Å²) in [6.07, 6.45) is 3.97. The number of carbonyl (C=O) groups excluding carboxylic acids is 2. The van der Waals surface area contributed by atoms with E-state index in [-0.39, 0.29) is 28.0 Å². The first-order valence-corrected chi connectivity index (χ1v) is 18.1. The molecule has 10 nitrogen and oxygen atoms in total. The van der Waals surface area contributed by atoms with E-state index in [1.165, 1.54) is 0 Å². The Labute approximate surface area is 323 Å². The van der Waals surface area contributed by atoms with Crippen molar-refractivity contribution in [2.75, 3.05) is 10.6 Å². The summed E-state index contributed by atoms with van der Waals surface area (Å²) < 4.78 is 0. The van der Waals surface area contributed by atoms with Crippen LogP contribution in [0.4, 0.5) is 11.4 Å². The summed E-state index contributed by atoms with van der Waals surface area (Å²) in [6, 6.07) is 35.0. The van der Waals surface area contributed by atoms with Crippen LogP contribution < -0.4 is 32.3 Å². The van der Waals surface area contributed by atoms with E-state index in [9.17, 15) is 9.59 Å². The van der Waals surface area contributed by atoms with Crippen molar-refractivity contribution in [3.8, 4) is 0 Å². The Kier molecular flexibility index (Phi) is 10.4. The van der Waals surface area contributed by atoms with Crippen LogP contribution in [-0.4, -0.2) is 32.0 Å². The van der Waals surface area contributed by atoms with Gasteiger partial charge in [-0.2, -0.15) is 0 Å². The lowest BCUT2D eigenvalue weighted by Gasteiger charge is -2.18. The van der Waals surface area contributed by atoms with Gasteiger partial charge in [-0.25, -0.2) is 0 Å². The fraction of sp³-hybridized carbons (Fsp3) is 0.0952. The maximum atomic E-state index is 13.4. The molecule has 12 heteroatoms. The van der Waals surface area contributed by atoms with Crippen LogP contribution in [0.3, 0.4) is 0 Å². The molecule has 0 saturated heterocycles. The van der Waals surface area contributed by atoms with Gasteiger partial charge in [0.25, 0.3) is 11.8 Å². The number of anilines is 2. The van der Waals surface area contributed by atoms with Crippen LogP contribution >= 0.6 is 24.4 Å². The zero-order chi connectivity index (χ0) is 37.8. The largest absolute Gasteiger partial charge is 0.361 e. The smallest absolute Gasteiger partial charge is 0.269 e. The topological polar surface area (TPSA) is 138 Å². The summed E-state index contributed by atoms with van der Waals surface area (Å²) >= 11 is 10.8. The van der Waals surface area contributed by atoms with Crippen molar-refractivity contribution in [3.63, 3.8) is 0 Å². The Balaban J connectivity index is 1.15. The van der Waals surface area contributed by atoms with Crippen molar-refractivity contribution < 1.29 is 9.59 Å². The molecule has 2 amide bonds. The van der Waals surface area contributed by atoms with Crippen LogP contribution in [-0.2, 0) is 0 Å². The highest BCUT2D eigenvalue weighted by Gasteiger charge is 2.25. The van der Waals surface area contributed by atoms with Gasteiger partial charge in [-0.05, 0) is 123 Å². The maximum absolute atomic E-state index is 13.4. The Hall–Kier alpha value is -6.50. The molecule has 7 rings (SSSR count). The van der Waals surface area contributed by atoms with Crippen LogP contribution in [0.15, 0.2) is 122 Å². The molecule has 7 aromatic rings. The molecule has 54 heavy (non-hydrogen) atoms. The highest BCUT2D eigenvalue weighted by molar-refractivity contribution is 7.80. The Bertz CT molecular complexity index is 2350. The lowest BCUT2D eigenvalue weighted by Crippen LogP contribution is -2.43. The van der Waals surface area contributed by atoms with Gasteiger partial charge in [-0.3, -0.25) is 31.3 Å². The van der Waals surface area contributed by atoms with E-state index in [1.807, 2.05) is 99.0 Å². The predicted molar refractivity (Wildman–Crippen MR) is 225 cm³/mol.